The van der Waals surface area contributed by atoms with Crippen LogP contribution in [0.4, 0.5) is 0 Å². The molecule has 0 saturated carbocycles. The molecule has 0 aliphatic heterocycles. The number of furan rings is 1. The molecule has 0 spiro atoms. The summed E-state index contributed by atoms with van der Waals surface area (Å²) in [6, 6.07) is 71.2. The molecule has 8 nitrogen and oxygen atoms in total. The van der Waals surface area contributed by atoms with Crippen LogP contribution >= 0.6 is 0 Å². The molecule has 66 heavy (non-hydrogen) atoms. The quantitative estimate of drug-likeness (QED) is 0.172. The normalized spacial score (nSPS) is 11.9. The van der Waals surface area contributed by atoms with Gasteiger partial charge in [-0.1, -0.05) is 133 Å². The van der Waals surface area contributed by atoms with E-state index in [0.29, 0.717) is 28.7 Å². The lowest BCUT2D eigenvalue weighted by molar-refractivity contribution is 0.673. The number of rotatable bonds is 5. The Bertz CT molecular complexity index is 4310. The number of nitrogens with zero attached hydrogens (tertiary/aromatic N) is 7. The molecule has 0 bridgehead atoms. The van der Waals surface area contributed by atoms with Crippen LogP contribution in [0, 0.1) is 11.3 Å². The summed E-state index contributed by atoms with van der Waals surface area (Å²) in [7, 11) is 0. The summed E-state index contributed by atoms with van der Waals surface area (Å²) in [4.78, 5) is 15.4. The minimum absolute atomic E-state index is 0.462. The van der Waals surface area contributed by atoms with Crippen LogP contribution in [0.5, 0.6) is 0 Å². The molecule has 0 saturated heterocycles. The van der Waals surface area contributed by atoms with E-state index in [-0.39, 0.29) is 0 Å². The highest BCUT2D eigenvalue weighted by Crippen LogP contribution is 2.45. The van der Waals surface area contributed by atoms with Crippen molar-refractivity contribution >= 4 is 87.4 Å². The number of para-hydroxylation sites is 5. The highest BCUT2D eigenvalue weighted by Gasteiger charge is 2.25. The summed E-state index contributed by atoms with van der Waals surface area (Å²) in [5, 5.41) is 19.7. The van der Waals surface area contributed by atoms with Crippen LogP contribution < -0.4 is 0 Å². The van der Waals surface area contributed by atoms with Crippen molar-refractivity contribution < 1.29 is 4.42 Å². The Morgan fingerprint density at radius 3 is 1.41 bits per heavy atom. The molecule has 0 N–H and O–H groups in total. The van der Waals surface area contributed by atoms with Crippen LogP contribution in [-0.2, 0) is 0 Å². The van der Waals surface area contributed by atoms with Gasteiger partial charge in [-0.3, -0.25) is 4.57 Å². The third-order valence-electron chi connectivity index (χ3n) is 13.1. The fourth-order valence-corrected chi connectivity index (χ4v) is 10.3. The van der Waals surface area contributed by atoms with E-state index in [1.807, 2.05) is 72.8 Å². The van der Waals surface area contributed by atoms with Crippen molar-refractivity contribution in [1.29, 1.82) is 5.26 Å². The Balaban J connectivity index is 1.01. The zero-order valence-electron chi connectivity index (χ0n) is 35.1. The second-order valence-corrected chi connectivity index (χ2v) is 16.7. The molecule has 14 aromatic rings. The molecule has 0 unspecified atom stereocenters. The lowest BCUT2D eigenvalue weighted by Crippen LogP contribution is -2.06. The van der Waals surface area contributed by atoms with Gasteiger partial charge < -0.3 is 13.6 Å². The number of hydrogen-bond acceptors (Lipinski definition) is 5. The summed E-state index contributed by atoms with van der Waals surface area (Å²) in [5.41, 5.74) is 11.4. The molecule has 9 aromatic carbocycles. The zero-order chi connectivity index (χ0) is 43.5. The SMILES string of the molecule is N#Cc1cc(-c2nc(-c3ccccc3)nc(-n3c4ccccc4c4ccccc43)n2)ccc1-n1c2ccccc2c2ccc3c4ccc5c6ccccc6n(-c6ccccc6)c5c4oc3c21. The first-order valence-electron chi connectivity index (χ1n) is 21.9. The van der Waals surface area contributed by atoms with Crippen LogP contribution in [0.15, 0.2) is 205 Å². The third-order valence-corrected chi connectivity index (χ3v) is 13.1. The highest BCUT2D eigenvalue weighted by atomic mass is 16.3. The highest BCUT2D eigenvalue weighted by molar-refractivity contribution is 6.26. The maximum atomic E-state index is 11.1. The molecular formula is C58H33N7O. The Kier molecular flexibility index (Phi) is 7.59. The monoisotopic (exact) mass is 843 g/mol. The summed E-state index contributed by atoms with van der Waals surface area (Å²) in [6.45, 7) is 0. The maximum Gasteiger partial charge on any atom is 0.238 e. The Morgan fingerprint density at radius 1 is 0.379 bits per heavy atom. The Hall–Kier alpha value is -9.32. The zero-order valence-corrected chi connectivity index (χ0v) is 35.1. The van der Waals surface area contributed by atoms with Gasteiger partial charge in [0, 0.05) is 59.9 Å². The van der Waals surface area contributed by atoms with E-state index in [1.165, 1.54) is 0 Å². The standard InChI is InChI=1S/C58H33N7O/c59-34-37-33-36(57-60-56(35-15-3-1-4-16-35)61-58(62-57)65-50-25-13-7-19-39(50)40-20-8-14-26-51(40)65)27-32-47(37)64-49-24-12-10-22-42(49)44-29-31-46-45-30-28-43-41-21-9-11-23-48(41)63(38-17-5-2-6-18-38)52(43)54(45)66-55(46)53(44)64/h1-33H. The van der Waals surface area contributed by atoms with Gasteiger partial charge in [0.25, 0.3) is 0 Å². The summed E-state index contributed by atoms with van der Waals surface area (Å²) in [5.74, 6) is 1.49. The number of aromatic nitrogens is 6. The fourth-order valence-electron chi connectivity index (χ4n) is 10.3. The van der Waals surface area contributed by atoms with Crippen molar-refractivity contribution in [2.45, 2.75) is 0 Å². The van der Waals surface area contributed by atoms with Gasteiger partial charge in [0.2, 0.25) is 5.95 Å². The lowest BCUT2D eigenvalue weighted by Gasteiger charge is -2.13. The Morgan fingerprint density at radius 2 is 0.833 bits per heavy atom. The summed E-state index contributed by atoms with van der Waals surface area (Å²) < 4.78 is 13.8. The minimum Gasteiger partial charge on any atom is -0.452 e. The van der Waals surface area contributed by atoms with Gasteiger partial charge >= 0.3 is 0 Å². The van der Waals surface area contributed by atoms with Gasteiger partial charge in [0.05, 0.1) is 44.4 Å². The van der Waals surface area contributed by atoms with Crippen molar-refractivity contribution in [2.75, 3.05) is 0 Å². The molecule has 0 aliphatic carbocycles. The molecule has 0 radical (unpaired) electrons. The van der Waals surface area contributed by atoms with Crippen LogP contribution in [0.1, 0.15) is 5.56 Å². The van der Waals surface area contributed by atoms with Gasteiger partial charge in [0.15, 0.2) is 22.8 Å². The third kappa shape index (κ3) is 5.11. The Labute approximate surface area is 376 Å². The molecule has 0 amide bonds. The summed E-state index contributed by atoms with van der Waals surface area (Å²) in [6.07, 6.45) is 0. The largest absolute Gasteiger partial charge is 0.452 e. The van der Waals surface area contributed by atoms with Gasteiger partial charge in [-0.25, -0.2) is 4.98 Å². The van der Waals surface area contributed by atoms with Crippen molar-refractivity contribution in [3.8, 4) is 46.2 Å². The molecule has 14 rings (SSSR count). The summed E-state index contributed by atoms with van der Waals surface area (Å²) >= 11 is 0. The molecule has 5 heterocycles. The molecule has 0 aliphatic rings. The van der Waals surface area contributed by atoms with Crippen molar-refractivity contribution in [2.24, 2.45) is 0 Å². The van der Waals surface area contributed by atoms with Gasteiger partial charge in [-0.2, -0.15) is 15.2 Å². The number of benzene rings is 9. The second kappa shape index (κ2) is 13.8. The lowest BCUT2D eigenvalue weighted by atomic mass is 10.1. The van der Waals surface area contributed by atoms with Gasteiger partial charge in [-0.05, 0) is 66.7 Å². The molecular weight excluding hydrogens is 811 g/mol. The van der Waals surface area contributed by atoms with Gasteiger partial charge in [-0.15, -0.1) is 0 Å². The van der Waals surface area contributed by atoms with E-state index in [4.69, 9.17) is 19.4 Å². The van der Waals surface area contributed by atoms with Crippen LogP contribution in [-0.4, -0.2) is 28.7 Å². The van der Waals surface area contributed by atoms with E-state index in [9.17, 15) is 5.26 Å². The predicted molar refractivity (Wildman–Crippen MR) is 266 cm³/mol. The van der Waals surface area contributed by atoms with Crippen molar-refractivity contribution in [3.63, 3.8) is 0 Å². The second-order valence-electron chi connectivity index (χ2n) is 16.7. The van der Waals surface area contributed by atoms with E-state index in [2.05, 4.69) is 147 Å². The van der Waals surface area contributed by atoms with Gasteiger partial charge in [0.1, 0.15) is 6.07 Å². The van der Waals surface area contributed by atoms with E-state index >= 15 is 0 Å². The van der Waals surface area contributed by atoms with E-state index in [1.54, 1.807) is 0 Å². The molecule has 0 atom stereocenters. The molecule has 5 aromatic heterocycles. The average Bonchev–Trinajstić information content (AvgIpc) is 4.13. The first-order valence-corrected chi connectivity index (χ1v) is 21.9. The smallest absolute Gasteiger partial charge is 0.238 e. The van der Waals surface area contributed by atoms with E-state index < -0.39 is 0 Å². The van der Waals surface area contributed by atoms with Crippen LogP contribution in [0.3, 0.4) is 0 Å². The molecule has 0 fully saturated rings. The number of fused-ring (bicyclic) bond motifs is 14. The molecule has 306 valence electrons. The minimum atomic E-state index is 0.462. The van der Waals surface area contributed by atoms with E-state index in [0.717, 1.165) is 104 Å². The average molecular weight is 844 g/mol. The number of nitriles is 1. The fraction of sp³-hybridized carbons (Fsp3) is 0. The first-order chi connectivity index (χ1) is 32.7. The topological polar surface area (TPSA) is 90.4 Å². The first kappa shape index (κ1) is 36.2. The van der Waals surface area contributed by atoms with Crippen molar-refractivity contribution in [1.82, 2.24) is 28.7 Å². The van der Waals surface area contributed by atoms with Crippen molar-refractivity contribution in [3.05, 3.63) is 206 Å². The van der Waals surface area contributed by atoms with Crippen LogP contribution in [0.2, 0.25) is 0 Å². The maximum absolute atomic E-state index is 11.1. The number of hydrogen-bond donors (Lipinski definition) is 0. The molecule has 8 heteroatoms. The predicted octanol–water partition coefficient (Wildman–Crippen LogP) is 14.3. The van der Waals surface area contributed by atoms with Crippen LogP contribution in [0.25, 0.3) is 127 Å².